The normalized spacial score (nSPS) is 21.6. The summed E-state index contributed by atoms with van der Waals surface area (Å²) in [6, 6.07) is 0. The predicted octanol–water partition coefficient (Wildman–Crippen LogP) is 2.42. The van der Waals surface area contributed by atoms with Crippen LogP contribution in [-0.2, 0) is 0 Å². The zero-order chi connectivity index (χ0) is 5.11. The summed E-state index contributed by atoms with van der Waals surface area (Å²) >= 11 is 1.94. The first kappa shape index (κ1) is 5.23. The molecule has 1 rings (SSSR count). The fourth-order valence-corrected chi connectivity index (χ4v) is 1.53. The van der Waals surface area contributed by atoms with Crippen molar-refractivity contribution in [2.45, 2.75) is 19.8 Å². The highest BCUT2D eigenvalue weighted by Crippen LogP contribution is 2.19. The Bertz CT molecular complexity index is 84.2. The summed E-state index contributed by atoms with van der Waals surface area (Å²) in [4.78, 5) is 0. The van der Waals surface area contributed by atoms with Crippen molar-refractivity contribution in [3.8, 4) is 0 Å². The minimum atomic E-state index is 1.33. The Labute approximate surface area is 49.0 Å². The third kappa shape index (κ3) is 1.56. The molecule has 0 aromatic carbocycles. The Morgan fingerprint density at radius 2 is 2.57 bits per heavy atom. The van der Waals surface area contributed by atoms with Crippen LogP contribution < -0.4 is 0 Å². The van der Waals surface area contributed by atoms with Crippen LogP contribution >= 0.6 is 11.8 Å². The Morgan fingerprint density at radius 1 is 1.71 bits per heavy atom. The lowest BCUT2D eigenvalue weighted by Crippen LogP contribution is -1.85. The van der Waals surface area contributed by atoms with Crippen LogP contribution in [0.15, 0.2) is 11.0 Å². The monoisotopic (exact) mass is 114 g/mol. The first-order valence-electron chi connectivity index (χ1n) is 2.67. The lowest BCUT2D eigenvalue weighted by molar-refractivity contribution is 0.910. The van der Waals surface area contributed by atoms with Crippen LogP contribution in [0.25, 0.3) is 0 Å². The Balaban J connectivity index is 2.40. The van der Waals surface area contributed by atoms with Gasteiger partial charge in [-0.25, -0.2) is 0 Å². The maximum absolute atomic E-state index is 2.27. The van der Waals surface area contributed by atoms with Crippen molar-refractivity contribution in [1.82, 2.24) is 0 Å². The van der Waals surface area contributed by atoms with Crippen molar-refractivity contribution in [1.29, 1.82) is 0 Å². The van der Waals surface area contributed by atoms with E-state index in [9.17, 15) is 0 Å². The van der Waals surface area contributed by atoms with Crippen LogP contribution in [0.1, 0.15) is 19.8 Å². The molecule has 40 valence electrons. The molecule has 0 radical (unpaired) electrons. The summed E-state index contributed by atoms with van der Waals surface area (Å²) in [6.45, 7) is 2.20. The number of rotatable bonds is 0. The maximum atomic E-state index is 2.27. The third-order valence-corrected chi connectivity index (χ3v) is 2.21. The molecule has 1 heteroatoms. The molecule has 0 bridgehead atoms. The van der Waals surface area contributed by atoms with Crippen molar-refractivity contribution in [3.63, 3.8) is 0 Å². The van der Waals surface area contributed by atoms with E-state index in [1.807, 2.05) is 11.8 Å². The van der Waals surface area contributed by atoms with Gasteiger partial charge < -0.3 is 0 Å². The smallest absolute Gasteiger partial charge is 0.00229 e. The number of hydrogen-bond donors (Lipinski definition) is 0. The molecular weight excluding hydrogens is 104 g/mol. The molecule has 0 saturated carbocycles. The molecule has 0 aromatic heterocycles. The maximum Gasteiger partial charge on any atom is -0.00229 e. The fraction of sp³-hybridized carbons (Fsp3) is 0.667. The summed E-state index contributed by atoms with van der Waals surface area (Å²) in [6.07, 6.45) is 2.71. The highest BCUT2D eigenvalue weighted by molar-refractivity contribution is 8.02. The molecule has 7 heavy (non-hydrogen) atoms. The van der Waals surface area contributed by atoms with Gasteiger partial charge in [0, 0.05) is 0 Å². The molecule has 0 N–H and O–H groups in total. The van der Waals surface area contributed by atoms with E-state index in [4.69, 9.17) is 0 Å². The largest absolute Gasteiger partial charge is 0.134 e. The highest BCUT2D eigenvalue weighted by Gasteiger charge is 1.95. The van der Waals surface area contributed by atoms with Gasteiger partial charge in [-0.2, -0.15) is 0 Å². The first-order valence-corrected chi connectivity index (χ1v) is 3.72. The van der Waals surface area contributed by atoms with Gasteiger partial charge >= 0.3 is 0 Å². The minimum absolute atomic E-state index is 1.33. The molecule has 1 aliphatic rings. The van der Waals surface area contributed by atoms with E-state index in [0.717, 1.165) is 0 Å². The van der Waals surface area contributed by atoms with Gasteiger partial charge in [-0.3, -0.25) is 0 Å². The van der Waals surface area contributed by atoms with E-state index in [2.05, 4.69) is 12.3 Å². The van der Waals surface area contributed by atoms with Gasteiger partial charge in [-0.1, -0.05) is 5.57 Å². The molecule has 0 fully saturated rings. The van der Waals surface area contributed by atoms with E-state index in [-0.39, 0.29) is 0 Å². The second-order valence-electron chi connectivity index (χ2n) is 1.94. The van der Waals surface area contributed by atoms with Crippen LogP contribution in [-0.4, -0.2) is 5.75 Å². The topological polar surface area (TPSA) is 0 Å². The Kier molecular flexibility index (Phi) is 1.80. The van der Waals surface area contributed by atoms with Gasteiger partial charge in [0.05, 0.1) is 0 Å². The fourth-order valence-electron chi connectivity index (χ4n) is 0.694. The van der Waals surface area contributed by atoms with Crippen LogP contribution in [0.2, 0.25) is 0 Å². The van der Waals surface area contributed by atoms with Crippen molar-refractivity contribution < 1.29 is 0 Å². The minimum Gasteiger partial charge on any atom is -0.134 e. The van der Waals surface area contributed by atoms with Gasteiger partial charge in [0.25, 0.3) is 0 Å². The second-order valence-corrected chi connectivity index (χ2v) is 2.92. The van der Waals surface area contributed by atoms with Crippen molar-refractivity contribution >= 4 is 11.8 Å². The molecule has 1 aliphatic heterocycles. The zero-order valence-electron chi connectivity index (χ0n) is 4.61. The van der Waals surface area contributed by atoms with Crippen LogP contribution in [0.3, 0.4) is 0 Å². The number of thioether (sulfide) groups is 1. The van der Waals surface area contributed by atoms with Gasteiger partial charge in [-0.15, -0.1) is 11.8 Å². The average Bonchev–Trinajstić information content (AvgIpc) is 1.69. The molecule has 0 saturated heterocycles. The molecule has 0 unspecified atom stereocenters. The van der Waals surface area contributed by atoms with Crippen molar-refractivity contribution in [2.24, 2.45) is 0 Å². The summed E-state index contributed by atoms with van der Waals surface area (Å²) in [5.74, 6) is 1.33. The standard InChI is InChI=1S/C6H10S/c1-6-3-2-4-7-5-6/h5H,2-4H2,1H3. The molecule has 1 heterocycles. The third-order valence-electron chi connectivity index (χ3n) is 1.12. The van der Waals surface area contributed by atoms with E-state index < -0.39 is 0 Å². The molecule has 0 spiro atoms. The quantitative estimate of drug-likeness (QED) is 0.466. The summed E-state index contributed by atoms with van der Waals surface area (Å²) in [7, 11) is 0. The van der Waals surface area contributed by atoms with E-state index >= 15 is 0 Å². The lowest BCUT2D eigenvalue weighted by atomic mass is 10.2. The number of hydrogen-bond acceptors (Lipinski definition) is 1. The zero-order valence-corrected chi connectivity index (χ0v) is 5.42. The second kappa shape index (κ2) is 2.41. The van der Waals surface area contributed by atoms with Crippen LogP contribution in [0.4, 0.5) is 0 Å². The average molecular weight is 114 g/mol. The van der Waals surface area contributed by atoms with E-state index in [0.29, 0.717) is 0 Å². The van der Waals surface area contributed by atoms with Gasteiger partial charge in [0.1, 0.15) is 0 Å². The summed E-state index contributed by atoms with van der Waals surface area (Å²) in [5, 5.41) is 2.27. The molecule has 0 aromatic rings. The van der Waals surface area contributed by atoms with Crippen LogP contribution in [0.5, 0.6) is 0 Å². The van der Waals surface area contributed by atoms with Crippen molar-refractivity contribution in [3.05, 3.63) is 11.0 Å². The van der Waals surface area contributed by atoms with E-state index in [1.165, 1.54) is 18.6 Å². The predicted molar refractivity (Wildman–Crippen MR) is 35.4 cm³/mol. The van der Waals surface area contributed by atoms with E-state index in [1.54, 1.807) is 5.57 Å². The summed E-state index contributed by atoms with van der Waals surface area (Å²) in [5.41, 5.74) is 1.55. The highest BCUT2D eigenvalue weighted by atomic mass is 32.2. The van der Waals surface area contributed by atoms with Gasteiger partial charge in [0.15, 0.2) is 0 Å². The molecular formula is C6H10S. The lowest BCUT2D eigenvalue weighted by Gasteiger charge is -2.05. The number of allylic oxidation sites excluding steroid dienone is 1. The Hall–Kier alpha value is 0.0900. The molecule has 0 atom stereocenters. The summed E-state index contributed by atoms with van der Waals surface area (Å²) < 4.78 is 0. The Morgan fingerprint density at radius 3 is 2.86 bits per heavy atom. The molecule has 0 nitrogen and oxygen atoms in total. The van der Waals surface area contributed by atoms with Crippen molar-refractivity contribution in [2.75, 3.05) is 5.75 Å². The molecule has 0 amide bonds. The van der Waals surface area contributed by atoms with Crippen LogP contribution in [0, 0.1) is 0 Å². The molecule has 0 aliphatic carbocycles. The van der Waals surface area contributed by atoms with Gasteiger partial charge in [-0.05, 0) is 30.9 Å². The van der Waals surface area contributed by atoms with Gasteiger partial charge in [0.2, 0.25) is 0 Å². The SMILES string of the molecule is CC1=CSCCC1. The first-order chi connectivity index (χ1) is 3.39.